The van der Waals surface area contributed by atoms with Gasteiger partial charge in [0, 0.05) is 30.6 Å². The number of aliphatic hydroxyl groups is 1. The monoisotopic (exact) mass is 296 g/mol. The van der Waals surface area contributed by atoms with Crippen molar-refractivity contribution in [1.82, 2.24) is 9.88 Å². The largest absolute Gasteiger partial charge is 0.392 e. The van der Waals surface area contributed by atoms with Crippen LogP contribution in [0.1, 0.15) is 16.8 Å². The fourth-order valence-electron chi connectivity index (χ4n) is 2.65. The molecule has 1 aliphatic heterocycles. The van der Waals surface area contributed by atoms with Gasteiger partial charge in [0.15, 0.2) is 0 Å². The Labute approximate surface area is 121 Å². The Kier molecular flexibility index (Phi) is 3.39. The van der Waals surface area contributed by atoms with Crippen molar-refractivity contribution in [2.24, 2.45) is 0 Å². The number of hydrogen-bond donors (Lipinski definition) is 1. The Bertz CT molecular complexity index is 658. The molecule has 0 bridgehead atoms. The summed E-state index contributed by atoms with van der Waals surface area (Å²) < 4.78 is 0. The van der Waals surface area contributed by atoms with Crippen LogP contribution in [0, 0.1) is 0 Å². The summed E-state index contributed by atoms with van der Waals surface area (Å²) in [5, 5.41) is 11.6. The maximum absolute atomic E-state index is 9.72. The van der Waals surface area contributed by atoms with E-state index in [2.05, 4.69) is 16.9 Å². The molecule has 0 unspecified atom stereocenters. The summed E-state index contributed by atoms with van der Waals surface area (Å²) in [6, 6.07) is 3.64. The van der Waals surface area contributed by atoms with Crippen molar-refractivity contribution < 1.29 is 5.11 Å². The van der Waals surface area contributed by atoms with Gasteiger partial charge in [-0.3, -0.25) is 4.98 Å². The molecular formula is C14H14Cl2N2O. The SMILES string of the molecule is CN1CCc2nc3c(Cl)c(Cl)ccc3c(CO)c2C1. The number of pyridine rings is 1. The Morgan fingerprint density at radius 3 is 2.89 bits per heavy atom. The van der Waals surface area contributed by atoms with Crippen LogP contribution in [0.15, 0.2) is 12.1 Å². The Balaban J connectivity index is 2.35. The number of benzene rings is 1. The molecule has 0 radical (unpaired) electrons. The normalized spacial score (nSPS) is 15.8. The lowest BCUT2D eigenvalue weighted by Gasteiger charge is -2.27. The Morgan fingerprint density at radius 1 is 1.37 bits per heavy atom. The molecule has 2 aromatic rings. The fourth-order valence-corrected chi connectivity index (χ4v) is 3.01. The third-order valence-electron chi connectivity index (χ3n) is 3.67. The smallest absolute Gasteiger partial charge is 0.0910 e. The molecule has 2 heterocycles. The van der Waals surface area contributed by atoms with Gasteiger partial charge in [-0.15, -0.1) is 0 Å². The molecule has 3 rings (SSSR count). The summed E-state index contributed by atoms with van der Waals surface area (Å²) in [5.41, 5.74) is 3.77. The van der Waals surface area contributed by atoms with E-state index in [9.17, 15) is 5.11 Å². The molecule has 0 fully saturated rings. The van der Waals surface area contributed by atoms with E-state index in [4.69, 9.17) is 23.2 Å². The van der Waals surface area contributed by atoms with Crippen LogP contribution >= 0.6 is 23.2 Å². The summed E-state index contributed by atoms with van der Waals surface area (Å²) >= 11 is 12.3. The number of aliphatic hydroxyl groups excluding tert-OH is 1. The molecule has 1 aromatic carbocycles. The molecule has 0 saturated carbocycles. The number of likely N-dealkylation sites (N-methyl/N-ethyl adjacent to an activating group) is 1. The lowest BCUT2D eigenvalue weighted by Crippen LogP contribution is -2.28. The van der Waals surface area contributed by atoms with E-state index in [1.54, 1.807) is 6.07 Å². The molecule has 0 spiro atoms. The van der Waals surface area contributed by atoms with Crippen LogP contribution in [0.5, 0.6) is 0 Å². The lowest BCUT2D eigenvalue weighted by atomic mass is 9.96. The molecule has 1 aromatic heterocycles. The first-order valence-corrected chi connectivity index (χ1v) is 6.95. The average molecular weight is 297 g/mol. The summed E-state index contributed by atoms with van der Waals surface area (Å²) in [6.45, 7) is 1.77. The minimum absolute atomic E-state index is 0.00679. The molecule has 0 atom stereocenters. The van der Waals surface area contributed by atoms with E-state index in [1.807, 2.05) is 6.07 Å². The van der Waals surface area contributed by atoms with Gasteiger partial charge in [-0.2, -0.15) is 0 Å². The maximum Gasteiger partial charge on any atom is 0.0910 e. The van der Waals surface area contributed by atoms with Crippen molar-refractivity contribution in [2.75, 3.05) is 13.6 Å². The number of nitrogens with zero attached hydrogens (tertiary/aromatic N) is 2. The molecule has 1 aliphatic rings. The van der Waals surface area contributed by atoms with E-state index >= 15 is 0 Å². The van der Waals surface area contributed by atoms with Gasteiger partial charge in [0.05, 0.1) is 22.2 Å². The third-order valence-corrected chi connectivity index (χ3v) is 4.46. The minimum atomic E-state index is -0.00679. The Hall–Kier alpha value is -0.870. The van der Waals surface area contributed by atoms with Crippen LogP contribution in [-0.4, -0.2) is 28.6 Å². The number of fused-ring (bicyclic) bond motifs is 2. The number of hydrogen-bond acceptors (Lipinski definition) is 3. The first kappa shape index (κ1) is 13.1. The molecule has 0 amide bonds. The van der Waals surface area contributed by atoms with Crippen LogP contribution in [0.3, 0.4) is 0 Å². The summed E-state index contributed by atoms with van der Waals surface area (Å²) in [5.74, 6) is 0. The van der Waals surface area contributed by atoms with Gasteiger partial charge in [0.1, 0.15) is 0 Å². The molecule has 0 aliphatic carbocycles. The second-order valence-corrected chi connectivity index (χ2v) is 5.70. The number of aromatic nitrogens is 1. The van der Waals surface area contributed by atoms with Crippen molar-refractivity contribution in [2.45, 2.75) is 19.6 Å². The zero-order chi connectivity index (χ0) is 13.6. The van der Waals surface area contributed by atoms with Crippen molar-refractivity contribution in [1.29, 1.82) is 0 Å². The van der Waals surface area contributed by atoms with Gasteiger partial charge in [0.2, 0.25) is 0 Å². The molecule has 3 nitrogen and oxygen atoms in total. The van der Waals surface area contributed by atoms with Gasteiger partial charge in [-0.1, -0.05) is 29.3 Å². The molecule has 5 heteroatoms. The highest BCUT2D eigenvalue weighted by Crippen LogP contribution is 2.34. The lowest BCUT2D eigenvalue weighted by molar-refractivity contribution is 0.271. The van der Waals surface area contributed by atoms with Crippen LogP contribution in [0.2, 0.25) is 10.0 Å². The molecular weight excluding hydrogens is 283 g/mol. The summed E-state index contributed by atoms with van der Waals surface area (Å²) in [7, 11) is 2.07. The number of halogens is 2. The molecule has 1 N–H and O–H groups in total. The van der Waals surface area contributed by atoms with Gasteiger partial charge >= 0.3 is 0 Å². The second-order valence-electron chi connectivity index (χ2n) is 4.92. The summed E-state index contributed by atoms with van der Waals surface area (Å²) in [4.78, 5) is 6.89. The van der Waals surface area contributed by atoms with E-state index in [-0.39, 0.29) is 6.61 Å². The molecule has 100 valence electrons. The van der Waals surface area contributed by atoms with Crippen molar-refractivity contribution in [3.05, 3.63) is 39.0 Å². The van der Waals surface area contributed by atoms with Gasteiger partial charge in [-0.25, -0.2) is 0 Å². The number of rotatable bonds is 1. The quantitative estimate of drug-likeness (QED) is 0.879. The van der Waals surface area contributed by atoms with Crippen molar-refractivity contribution in [3.8, 4) is 0 Å². The third kappa shape index (κ3) is 2.11. The van der Waals surface area contributed by atoms with Crippen molar-refractivity contribution in [3.63, 3.8) is 0 Å². The highest BCUT2D eigenvalue weighted by Gasteiger charge is 2.21. The molecule has 19 heavy (non-hydrogen) atoms. The van der Waals surface area contributed by atoms with E-state index in [0.717, 1.165) is 41.7 Å². The van der Waals surface area contributed by atoms with E-state index in [0.29, 0.717) is 15.6 Å². The highest BCUT2D eigenvalue weighted by atomic mass is 35.5. The van der Waals surface area contributed by atoms with Gasteiger partial charge in [0.25, 0.3) is 0 Å². The van der Waals surface area contributed by atoms with Crippen LogP contribution in [0.25, 0.3) is 10.9 Å². The van der Waals surface area contributed by atoms with Crippen LogP contribution in [-0.2, 0) is 19.6 Å². The van der Waals surface area contributed by atoms with Crippen LogP contribution < -0.4 is 0 Å². The standard InChI is InChI=1S/C14H14Cl2N2O/c1-18-5-4-12-9(6-18)10(7-19)8-2-3-11(15)13(16)14(8)17-12/h2-3,19H,4-7H2,1H3. The predicted molar refractivity (Wildman–Crippen MR) is 77.7 cm³/mol. The first-order chi connectivity index (χ1) is 9.11. The van der Waals surface area contributed by atoms with Crippen molar-refractivity contribution >= 4 is 34.1 Å². The highest BCUT2D eigenvalue weighted by molar-refractivity contribution is 6.45. The fraction of sp³-hybridized carbons (Fsp3) is 0.357. The van der Waals surface area contributed by atoms with Gasteiger partial charge < -0.3 is 10.0 Å². The van der Waals surface area contributed by atoms with Gasteiger partial charge in [-0.05, 0) is 24.2 Å². The second kappa shape index (κ2) is 4.91. The first-order valence-electron chi connectivity index (χ1n) is 6.19. The summed E-state index contributed by atoms with van der Waals surface area (Å²) in [6.07, 6.45) is 0.873. The molecule has 0 saturated heterocycles. The van der Waals surface area contributed by atoms with E-state index < -0.39 is 0 Å². The predicted octanol–water partition coefficient (Wildman–Crippen LogP) is 3.02. The average Bonchev–Trinajstić information content (AvgIpc) is 2.41. The zero-order valence-corrected chi connectivity index (χ0v) is 12.1. The van der Waals surface area contributed by atoms with E-state index in [1.165, 1.54) is 0 Å². The Morgan fingerprint density at radius 2 is 2.16 bits per heavy atom. The maximum atomic E-state index is 9.72. The minimum Gasteiger partial charge on any atom is -0.392 e. The zero-order valence-electron chi connectivity index (χ0n) is 10.6. The van der Waals surface area contributed by atoms with Crippen LogP contribution in [0.4, 0.5) is 0 Å². The topological polar surface area (TPSA) is 36.4 Å².